The van der Waals surface area contributed by atoms with Crippen molar-refractivity contribution >= 4 is 28.4 Å². The van der Waals surface area contributed by atoms with Gasteiger partial charge in [0.25, 0.3) is 5.91 Å². The molecular formula is C23H26N8O3. The molecule has 0 bridgehead atoms. The maximum absolute atomic E-state index is 13.0. The number of amides is 1. The molecule has 1 amide bonds. The van der Waals surface area contributed by atoms with Gasteiger partial charge in [-0.3, -0.25) is 4.79 Å². The molecule has 4 aromatic heterocycles. The number of ether oxygens (including phenoxy) is 1. The summed E-state index contributed by atoms with van der Waals surface area (Å²) in [4.78, 5) is 24.8. The number of fused-ring (bicyclic) bond motifs is 2. The second-order valence-corrected chi connectivity index (χ2v) is 8.95. The number of anilines is 1. The Bertz CT molecular complexity index is 1390. The first-order valence-electron chi connectivity index (χ1n) is 11.3. The van der Waals surface area contributed by atoms with Gasteiger partial charge in [-0.05, 0) is 19.2 Å². The number of hydrogen-bond donors (Lipinski definition) is 3. The van der Waals surface area contributed by atoms with E-state index in [0.717, 1.165) is 35.4 Å². The van der Waals surface area contributed by atoms with Crippen LogP contribution < -0.4 is 10.6 Å². The lowest BCUT2D eigenvalue weighted by molar-refractivity contribution is 0.0888. The van der Waals surface area contributed by atoms with Gasteiger partial charge in [-0.2, -0.15) is 9.61 Å². The van der Waals surface area contributed by atoms with Gasteiger partial charge in [-0.25, -0.2) is 9.97 Å². The molecule has 0 aromatic carbocycles. The molecule has 11 nitrogen and oxygen atoms in total. The summed E-state index contributed by atoms with van der Waals surface area (Å²) in [5, 5.41) is 21.4. The van der Waals surface area contributed by atoms with Gasteiger partial charge in [0.15, 0.2) is 5.65 Å². The van der Waals surface area contributed by atoms with Crippen molar-refractivity contribution in [1.29, 1.82) is 0 Å². The summed E-state index contributed by atoms with van der Waals surface area (Å²) < 4.78 is 9.08. The number of carbonyl (C=O) groups is 1. The Balaban J connectivity index is 1.45. The molecule has 1 unspecified atom stereocenters. The van der Waals surface area contributed by atoms with Crippen molar-refractivity contribution < 1.29 is 14.6 Å². The molecule has 11 heteroatoms. The second-order valence-electron chi connectivity index (χ2n) is 8.95. The number of aromatic nitrogens is 5. The molecule has 176 valence electrons. The average molecular weight is 463 g/mol. The van der Waals surface area contributed by atoms with E-state index in [2.05, 4.69) is 43.4 Å². The van der Waals surface area contributed by atoms with Gasteiger partial charge >= 0.3 is 0 Å². The number of carbonyl (C=O) groups excluding carboxylic acids is 1. The molecule has 6 rings (SSSR count). The summed E-state index contributed by atoms with van der Waals surface area (Å²) in [6.07, 6.45) is 4.68. The van der Waals surface area contributed by atoms with Crippen LogP contribution in [0.3, 0.4) is 0 Å². The van der Waals surface area contributed by atoms with Gasteiger partial charge < -0.3 is 29.9 Å². The van der Waals surface area contributed by atoms with E-state index in [9.17, 15) is 9.90 Å². The SMILES string of the molecule is CNc1cc(-c2cn(C3CN(C)C3)c3ncccc23)nc2c(C(=O)NC3COC[C@H]3O)cnn12. The predicted molar refractivity (Wildman–Crippen MR) is 126 cm³/mol. The Kier molecular flexibility index (Phi) is 4.97. The Morgan fingerprint density at radius 3 is 2.85 bits per heavy atom. The molecule has 2 aliphatic rings. The normalized spacial score (nSPS) is 21.3. The third-order valence-electron chi connectivity index (χ3n) is 6.64. The van der Waals surface area contributed by atoms with Crippen molar-refractivity contribution in [2.75, 3.05) is 45.7 Å². The average Bonchev–Trinajstić information content (AvgIpc) is 3.53. The fourth-order valence-electron chi connectivity index (χ4n) is 4.77. The van der Waals surface area contributed by atoms with Gasteiger partial charge in [0.05, 0.1) is 43.3 Å². The first-order chi connectivity index (χ1) is 16.5. The number of hydrogen-bond acceptors (Lipinski definition) is 8. The minimum Gasteiger partial charge on any atom is -0.388 e. The van der Waals surface area contributed by atoms with E-state index < -0.39 is 12.1 Å². The van der Waals surface area contributed by atoms with Crippen molar-refractivity contribution in [2.24, 2.45) is 0 Å². The van der Waals surface area contributed by atoms with E-state index >= 15 is 0 Å². The molecule has 0 radical (unpaired) electrons. The molecule has 0 spiro atoms. The molecule has 3 N–H and O–H groups in total. The monoisotopic (exact) mass is 462 g/mol. The smallest absolute Gasteiger partial charge is 0.257 e. The number of likely N-dealkylation sites (tertiary alicyclic amines) is 1. The maximum atomic E-state index is 13.0. The second kappa shape index (κ2) is 8.05. The van der Waals surface area contributed by atoms with Crippen LogP contribution in [-0.4, -0.2) is 92.6 Å². The number of nitrogens with one attached hydrogen (secondary N) is 2. The fourth-order valence-corrected chi connectivity index (χ4v) is 4.77. The van der Waals surface area contributed by atoms with E-state index in [-0.39, 0.29) is 19.1 Å². The van der Waals surface area contributed by atoms with Crippen molar-refractivity contribution in [2.45, 2.75) is 18.2 Å². The number of aliphatic hydroxyl groups is 1. The fraction of sp³-hybridized carbons (Fsp3) is 0.391. The molecule has 2 atom stereocenters. The quantitative estimate of drug-likeness (QED) is 0.398. The maximum Gasteiger partial charge on any atom is 0.257 e. The molecular weight excluding hydrogens is 436 g/mol. The van der Waals surface area contributed by atoms with E-state index in [1.54, 1.807) is 17.8 Å². The first-order valence-corrected chi connectivity index (χ1v) is 11.3. The molecule has 2 aliphatic heterocycles. The van der Waals surface area contributed by atoms with Gasteiger partial charge in [0, 0.05) is 49.5 Å². The van der Waals surface area contributed by atoms with E-state index in [4.69, 9.17) is 9.72 Å². The molecule has 0 saturated carbocycles. The van der Waals surface area contributed by atoms with Crippen LogP contribution in [0.2, 0.25) is 0 Å². The van der Waals surface area contributed by atoms with Gasteiger partial charge in [-0.1, -0.05) is 0 Å². The number of aliphatic hydroxyl groups excluding tert-OH is 1. The number of pyridine rings is 1. The van der Waals surface area contributed by atoms with Crippen LogP contribution in [0.4, 0.5) is 5.82 Å². The van der Waals surface area contributed by atoms with Crippen molar-refractivity contribution in [1.82, 2.24) is 34.4 Å². The highest BCUT2D eigenvalue weighted by atomic mass is 16.5. The molecule has 2 fully saturated rings. The minimum absolute atomic E-state index is 0.209. The molecule has 4 aromatic rings. The zero-order valence-corrected chi connectivity index (χ0v) is 19.0. The minimum atomic E-state index is -0.730. The summed E-state index contributed by atoms with van der Waals surface area (Å²) in [6.45, 7) is 2.42. The summed E-state index contributed by atoms with van der Waals surface area (Å²) in [6, 6.07) is 5.80. The van der Waals surface area contributed by atoms with Gasteiger partial charge in [-0.15, -0.1) is 0 Å². The Labute approximate surface area is 195 Å². The number of rotatable bonds is 5. The summed E-state index contributed by atoms with van der Waals surface area (Å²) in [7, 11) is 3.91. The third kappa shape index (κ3) is 3.31. The topological polar surface area (TPSA) is 122 Å². The molecule has 0 aliphatic carbocycles. The van der Waals surface area contributed by atoms with Crippen molar-refractivity contribution in [3.05, 3.63) is 42.4 Å². The highest BCUT2D eigenvalue weighted by Gasteiger charge is 2.30. The Morgan fingerprint density at radius 1 is 1.26 bits per heavy atom. The molecule has 6 heterocycles. The van der Waals surface area contributed by atoms with Crippen molar-refractivity contribution in [3.63, 3.8) is 0 Å². The van der Waals surface area contributed by atoms with Crippen LogP contribution >= 0.6 is 0 Å². The van der Waals surface area contributed by atoms with Crippen LogP contribution in [0, 0.1) is 0 Å². The van der Waals surface area contributed by atoms with Crippen LogP contribution in [0.25, 0.3) is 27.9 Å². The van der Waals surface area contributed by atoms with Gasteiger partial charge in [0.2, 0.25) is 0 Å². The largest absolute Gasteiger partial charge is 0.388 e. The Morgan fingerprint density at radius 2 is 2.12 bits per heavy atom. The highest BCUT2D eigenvalue weighted by Crippen LogP contribution is 2.34. The zero-order chi connectivity index (χ0) is 23.4. The number of likely N-dealkylation sites (N-methyl/N-ethyl adjacent to an activating group) is 1. The van der Waals surface area contributed by atoms with E-state index in [1.807, 2.05) is 18.2 Å². The molecule has 2 saturated heterocycles. The lowest BCUT2D eigenvalue weighted by atomic mass is 10.1. The van der Waals surface area contributed by atoms with Crippen LogP contribution in [0.5, 0.6) is 0 Å². The molecule has 34 heavy (non-hydrogen) atoms. The standard InChI is InChI=1S/C23H26N8O3/c1-24-20-6-17(16-10-30(13-8-29(2)9-13)21-14(16)4-3-5-25-21)27-22-15(7-26-31(20)22)23(33)28-18-11-34-12-19(18)32/h3-7,10,13,18-19,24,32H,8-9,11-12H2,1-2H3,(H,28,33)/t18?,19-/m1/s1. The third-order valence-corrected chi connectivity index (χ3v) is 6.64. The predicted octanol–water partition coefficient (Wildman–Crippen LogP) is 0.764. The van der Waals surface area contributed by atoms with Crippen LogP contribution in [0.1, 0.15) is 16.4 Å². The van der Waals surface area contributed by atoms with Crippen LogP contribution in [-0.2, 0) is 4.74 Å². The first kappa shape index (κ1) is 21.0. The lowest BCUT2D eigenvalue weighted by Crippen LogP contribution is -2.44. The number of nitrogens with zero attached hydrogens (tertiary/aromatic N) is 6. The van der Waals surface area contributed by atoms with E-state index in [1.165, 1.54) is 6.20 Å². The highest BCUT2D eigenvalue weighted by molar-refractivity contribution is 6.01. The van der Waals surface area contributed by atoms with Crippen LogP contribution in [0.15, 0.2) is 36.8 Å². The van der Waals surface area contributed by atoms with Crippen molar-refractivity contribution in [3.8, 4) is 11.3 Å². The lowest BCUT2D eigenvalue weighted by Gasteiger charge is -2.37. The van der Waals surface area contributed by atoms with E-state index in [0.29, 0.717) is 23.1 Å². The summed E-state index contributed by atoms with van der Waals surface area (Å²) >= 11 is 0. The Hall–Kier alpha value is -3.54. The summed E-state index contributed by atoms with van der Waals surface area (Å²) in [5.41, 5.74) is 3.36. The van der Waals surface area contributed by atoms with Gasteiger partial charge in [0.1, 0.15) is 17.0 Å². The zero-order valence-electron chi connectivity index (χ0n) is 19.0. The summed E-state index contributed by atoms with van der Waals surface area (Å²) in [5.74, 6) is 0.356.